The second-order valence-corrected chi connectivity index (χ2v) is 4.84. The number of hydrogen-bond acceptors (Lipinski definition) is 5. The summed E-state index contributed by atoms with van der Waals surface area (Å²) in [6.07, 6.45) is 4.15. The van der Waals surface area contributed by atoms with E-state index < -0.39 is 0 Å². The van der Waals surface area contributed by atoms with Crippen molar-refractivity contribution in [1.82, 2.24) is 20.4 Å². The predicted octanol–water partition coefficient (Wildman–Crippen LogP) is 2.06. The Morgan fingerprint density at radius 3 is 2.67 bits per heavy atom. The number of rotatable bonds is 5. The zero-order valence-corrected chi connectivity index (χ0v) is 11.0. The number of pyridine rings is 1. The highest BCUT2D eigenvalue weighted by molar-refractivity contribution is 5.50. The Morgan fingerprint density at radius 1 is 1.28 bits per heavy atom. The molecule has 18 heavy (non-hydrogen) atoms. The minimum absolute atomic E-state index is 0.0336. The summed E-state index contributed by atoms with van der Waals surface area (Å²) >= 11 is 0. The van der Waals surface area contributed by atoms with E-state index in [4.69, 9.17) is 4.52 Å². The van der Waals surface area contributed by atoms with Crippen LogP contribution in [-0.2, 0) is 6.42 Å². The molecule has 0 aliphatic heterocycles. The number of hydrogen-bond donors (Lipinski definition) is 1. The Balaban J connectivity index is 2.12. The van der Waals surface area contributed by atoms with Gasteiger partial charge in [0, 0.05) is 29.9 Å². The van der Waals surface area contributed by atoms with E-state index >= 15 is 0 Å². The van der Waals surface area contributed by atoms with Gasteiger partial charge < -0.3 is 9.84 Å². The van der Waals surface area contributed by atoms with Gasteiger partial charge in [0.05, 0.1) is 0 Å². The topological polar surface area (TPSA) is 63.8 Å². The summed E-state index contributed by atoms with van der Waals surface area (Å²) in [4.78, 5) is 8.36. The first-order valence-corrected chi connectivity index (χ1v) is 6.09. The fourth-order valence-electron chi connectivity index (χ4n) is 1.87. The molecule has 2 rings (SSSR count). The zero-order chi connectivity index (χ0) is 13.0. The number of nitrogens with one attached hydrogen (secondary N) is 1. The van der Waals surface area contributed by atoms with Gasteiger partial charge in [-0.3, -0.25) is 4.98 Å². The normalized spacial score (nSPS) is 11.7. The standard InChI is InChI=1S/C13H18N4O/c1-4-15-13(2,3)9-11-16-12(18-17-11)10-5-7-14-8-6-10/h5-8,15H,4,9H2,1-3H3. The van der Waals surface area contributed by atoms with E-state index in [9.17, 15) is 0 Å². The lowest BCUT2D eigenvalue weighted by Crippen LogP contribution is -2.41. The van der Waals surface area contributed by atoms with Gasteiger partial charge in [0.2, 0.25) is 0 Å². The van der Waals surface area contributed by atoms with E-state index in [0.29, 0.717) is 11.7 Å². The molecule has 2 heterocycles. The molecule has 0 aromatic carbocycles. The Kier molecular flexibility index (Phi) is 3.72. The molecule has 96 valence electrons. The van der Waals surface area contributed by atoms with Gasteiger partial charge in [-0.25, -0.2) is 0 Å². The van der Waals surface area contributed by atoms with Gasteiger partial charge in [-0.15, -0.1) is 0 Å². The highest BCUT2D eigenvalue weighted by Crippen LogP contribution is 2.17. The number of aromatic nitrogens is 3. The van der Waals surface area contributed by atoms with Crippen LogP contribution in [0.2, 0.25) is 0 Å². The van der Waals surface area contributed by atoms with Crippen LogP contribution in [0.4, 0.5) is 0 Å². The van der Waals surface area contributed by atoms with Gasteiger partial charge in [0.15, 0.2) is 5.82 Å². The minimum Gasteiger partial charge on any atom is -0.334 e. The summed E-state index contributed by atoms with van der Waals surface area (Å²) in [5.41, 5.74) is 0.860. The van der Waals surface area contributed by atoms with Crippen molar-refractivity contribution >= 4 is 0 Å². The van der Waals surface area contributed by atoms with Gasteiger partial charge in [-0.05, 0) is 32.5 Å². The third-order valence-corrected chi connectivity index (χ3v) is 2.65. The quantitative estimate of drug-likeness (QED) is 0.874. The van der Waals surface area contributed by atoms with Crippen LogP contribution in [0.15, 0.2) is 29.0 Å². The van der Waals surface area contributed by atoms with Gasteiger partial charge >= 0.3 is 0 Å². The SMILES string of the molecule is CCNC(C)(C)Cc1noc(-c2ccncc2)n1. The average molecular weight is 246 g/mol. The Bertz CT molecular complexity index is 493. The molecule has 0 atom stereocenters. The average Bonchev–Trinajstić information content (AvgIpc) is 2.77. The summed E-state index contributed by atoms with van der Waals surface area (Å²) in [6.45, 7) is 7.25. The van der Waals surface area contributed by atoms with E-state index in [2.05, 4.69) is 41.2 Å². The molecule has 5 heteroatoms. The van der Waals surface area contributed by atoms with E-state index in [1.54, 1.807) is 12.4 Å². The largest absolute Gasteiger partial charge is 0.334 e. The predicted molar refractivity (Wildman–Crippen MR) is 69.0 cm³/mol. The first-order chi connectivity index (χ1) is 8.61. The molecular formula is C13H18N4O. The molecule has 2 aromatic rings. The van der Waals surface area contributed by atoms with E-state index in [1.807, 2.05) is 12.1 Å². The molecule has 0 radical (unpaired) electrons. The molecule has 0 aliphatic rings. The molecule has 0 saturated heterocycles. The molecular weight excluding hydrogens is 228 g/mol. The Hall–Kier alpha value is -1.75. The fraction of sp³-hybridized carbons (Fsp3) is 0.462. The van der Waals surface area contributed by atoms with Crippen LogP contribution in [0, 0.1) is 0 Å². The van der Waals surface area contributed by atoms with Crippen molar-refractivity contribution in [3.05, 3.63) is 30.4 Å². The molecule has 5 nitrogen and oxygen atoms in total. The molecule has 0 amide bonds. The maximum Gasteiger partial charge on any atom is 0.258 e. The van der Waals surface area contributed by atoms with E-state index in [1.165, 1.54) is 0 Å². The van der Waals surface area contributed by atoms with Crippen molar-refractivity contribution in [2.24, 2.45) is 0 Å². The molecule has 2 aromatic heterocycles. The number of nitrogens with zero attached hydrogens (tertiary/aromatic N) is 3. The smallest absolute Gasteiger partial charge is 0.258 e. The van der Waals surface area contributed by atoms with Crippen LogP contribution < -0.4 is 5.32 Å². The van der Waals surface area contributed by atoms with Crippen LogP contribution in [0.1, 0.15) is 26.6 Å². The van der Waals surface area contributed by atoms with Crippen molar-refractivity contribution in [1.29, 1.82) is 0 Å². The zero-order valence-electron chi connectivity index (χ0n) is 11.0. The Morgan fingerprint density at radius 2 is 2.00 bits per heavy atom. The van der Waals surface area contributed by atoms with E-state index in [0.717, 1.165) is 18.5 Å². The van der Waals surface area contributed by atoms with E-state index in [-0.39, 0.29) is 5.54 Å². The van der Waals surface area contributed by atoms with Crippen molar-refractivity contribution in [3.63, 3.8) is 0 Å². The lowest BCUT2D eigenvalue weighted by Gasteiger charge is -2.23. The Labute approximate surface area is 107 Å². The maximum atomic E-state index is 5.26. The van der Waals surface area contributed by atoms with Crippen molar-refractivity contribution in [2.75, 3.05) is 6.54 Å². The highest BCUT2D eigenvalue weighted by Gasteiger charge is 2.20. The second-order valence-electron chi connectivity index (χ2n) is 4.84. The highest BCUT2D eigenvalue weighted by atomic mass is 16.5. The first kappa shape index (κ1) is 12.7. The summed E-state index contributed by atoms with van der Waals surface area (Å²) in [7, 11) is 0. The van der Waals surface area contributed by atoms with Crippen LogP contribution >= 0.6 is 0 Å². The number of likely N-dealkylation sites (N-methyl/N-ethyl adjacent to an activating group) is 1. The summed E-state index contributed by atoms with van der Waals surface area (Å²) < 4.78 is 5.26. The van der Waals surface area contributed by atoms with Gasteiger partial charge in [-0.2, -0.15) is 4.98 Å². The van der Waals surface area contributed by atoms with Crippen molar-refractivity contribution in [3.8, 4) is 11.5 Å². The van der Waals surface area contributed by atoms with Crippen molar-refractivity contribution in [2.45, 2.75) is 32.7 Å². The molecule has 0 spiro atoms. The second kappa shape index (κ2) is 5.27. The lowest BCUT2D eigenvalue weighted by molar-refractivity contribution is 0.370. The van der Waals surface area contributed by atoms with Crippen LogP contribution in [0.25, 0.3) is 11.5 Å². The molecule has 0 saturated carbocycles. The van der Waals surface area contributed by atoms with Crippen LogP contribution in [0.3, 0.4) is 0 Å². The molecule has 1 N–H and O–H groups in total. The fourth-order valence-corrected chi connectivity index (χ4v) is 1.87. The van der Waals surface area contributed by atoms with Gasteiger partial charge in [0.1, 0.15) is 0 Å². The van der Waals surface area contributed by atoms with Gasteiger partial charge in [-0.1, -0.05) is 12.1 Å². The first-order valence-electron chi connectivity index (χ1n) is 6.09. The van der Waals surface area contributed by atoms with Crippen LogP contribution in [0.5, 0.6) is 0 Å². The minimum atomic E-state index is -0.0336. The van der Waals surface area contributed by atoms with Gasteiger partial charge in [0.25, 0.3) is 5.89 Å². The molecule has 0 bridgehead atoms. The lowest BCUT2D eigenvalue weighted by atomic mass is 10.0. The maximum absolute atomic E-state index is 5.26. The summed E-state index contributed by atoms with van der Waals surface area (Å²) in [6, 6.07) is 3.71. The molecule has 0 aliphatic carbocycles. The summed E-state index contributed by atoms with van der Waals surface area (Å²) in [5.74, 6) is 1.26. The summed E-state index contributed by atoms with van der Waals surface area (Å²) in [5, 5.41) is 7.40. The third kappa shape index (κ3) is 3.13. The van der Waals surface area contributed by atoms with Crippen molar-refractivity contribution < 1.29 is 4.52 Å². The van der Waals surface area contributed by atoms with Crippen LogP contribution in [-0.4, -0.2) is 27.2 Å². The molecule has 0 unspecified atom stereocenters. The molecule has 0 fully saturated rings. The monoisotopic (exact) mass is 246 g/mol. The third-order valence-electron chi connectivity index (χ3n) is 2.65.